The summed E-state index contributed by atoms with van der Waals surface area (Å²) < 4.78 is 21.7. The van der Waals surface area contributed by atoms with E-state index in [9.17, 15) is 4.89 Å². The third kappa shape index (κ3) is 8.70. The van der Waals surface area contributed by atoms with Gasteiger partial charge in [0.15, 0.2) is 0 Å². The minimum atomic E-state index is -1.94. The summed E-state index contributed by atoms with van der Waals surface area (Å²) in [6, 6.07) is 0. The minimum absolute atomic E-state index is 0.0180. The normalized spacial score (nSPS) is 14.0. The Morgan fingerprint density at radius 1 is 0.909 bits per heavy atom. The first-order chi connectivity index (χ1) is 10.4. The quantitative estimate of drug-likeness (QED) is 0.323. The molecular weight excluding hydrogens is 309 g/mol. The fraction of sp³-hybridized carbons (Fsp3) is 1.00. The van der Waals surface area contributed by atoms with Gasteiger partial charge in [-0.05, 0) is 11.8 Å². The van der Waals surface area contributed by atoms with Crippen LogP contribution in [-0.2, 0) is 18.7 Å². The van der Waals surface area contributed by atoms with Crippen LogP contribution in [0.5, 0.6) is 0 Å². The molecule has 134 valence electrons. The van der Waals surface area contributed by atoms with E-state index >= 15 is 0 Å². The van der Waals surface area contributed by atoms with Crippen molar-refractivity contribution < 1.29 is 28.7 Å². The van der Waals surface area contributed by atoms with E-state index in [4.69, 9.17) is 29.3 Å². The van der Waals surface area contributed by atoms with Crippen molar-refractivity contribution in [2.45, 2.75) is 33.3 Å². The molecule has 0 saturated heterocycles. The lowest BCUT2D eigenvalue weighted by molar-refractivity contribution is -0.0940. The van der Waals surface area contributed by atoms with Gasteiger partial charge in [0.05, 0.1) is 46.2 Å². The molecule has 0 rings (SSSR count). The number of aliphatic hydroxyl groups excluding tert-OH is 1. The van der Waals surface area contributed by atoms with Crippen molar-refractivity contribution in [3.8, 4) is 0 Å². The summed E-state index contributed by atoms with van der Waals surface area (Å²) in [5, 5.41) is 8.54. The molecule has 0 aliphatic carbocycles. The molecule has 0 amide bonds. The van der Waals surface area contributed by atoms with Crippen LogP contribution in [0.15, 0.2) is 0 Å². The van der Waals surface area contributed by atoms with Crippen molar-refractivity contribution in [2.75, 3.05) is 46.2 Å². The Morgan fingerprint density at radius 2 is 1.36 bits per heavy atom. The number of hydrogen-bond acceptors (Lipinski definition) is 7. The molecule has 0 bridgehead atoms. The lowest BCUT2D eigenvalue weighted by Crippen LogP contribution is -2.47. The van der Waals surface area contributed by atoms with Crippen LogP contribution in [-0.4, -0.2) is 61.8 Å². The largest absolute Gasteiger partial charge is 0.394 e. The topological polar surface area (TPSA) is 103 Å². The van der Waals surface area contributed by atoms with Crippen LogP contribution in [0, 0.1) is 11.8 Å². The van der Waals surface area contributed by atoms with Gasteiger partial charge in [0.2, 0.25) is 0 Å². The second-order valence-electron chi connectivity index (χ2n) is 5.66. The molecule has 0 aliphatic heterocycles. The van der Waals surface area contributed by atoms with Gasteiger partial charge in [0.1, 0.15) is 5.60 Å². The first-order valence-corrected chi connectivity index (χ1v) is 8.92. The van der Waals surface area contributed by atoms with E-state index in [0.717, 1.165) is 0 Å². The van der Waals surface area contributed by atoms with Crippen LogP contribution < -0.4 is 5.50 Å². The molecule has 0 aromatic carbocycles. The van der Waals surface area contributed by atoms with Crippen molar-refractivity contribution in [3.05, 3.63) is 0 Å². The van der Waals surface area contributed by atoms with Gasteiger partial charge < -0.3 is 28.7 Å². The van der Waals surface area contributed by atoms with E-state index in [1.807, 2.05) is 27.7 Å². The maximum absolute atomic E-state index is 9.44. The smallest absolute Gasteiger partial charge is 0.250 e. The summed E-state index contributed by atoms with van der Waals surface area (Å²) in [5.41, 5.74) is 4.84. The molecule has 0 aromatic rings. The minimum Gasteiger partial charge on any atom is -0.394 e. The summed E-state index contributed by atoms with van der Waals surface area (Å²) in [4.78, 5) is 9.44. The molecule has 0 aliphatic rings. The summed E-state index contributed by atoms with van der Waals surface area (Å²) in [7, 11) is -1.94. The molecule has 1 atom stereocenters. The molecule has 0 radical (unpaired) electrons. The predicted octanol–water partition coefficient (Wildman–Crippen LogP) is 1.27. The van der Waals surface area contributed by atoms with E-state index in [1.165, 1.54) is 0 Å². The van der Waals surface area contributed by atoms with E-state index in [-0.39, 0.29) is 18.4 Å². The average Bonchev–Trinajstić information content (AvgIpc) is 2.43. The van der Waals surface area contributed by atoms with Gasteiger partial charge in [-0.1, -0.05) is 27.7 Å². The van der Waals surface area contributed by atoms with Crippen LogP contribution >= 0.6 is 8.53 Å². The Bertz CT molecular complexity index is 258. The Morgan fingerprint density at radius 3 is 1.77 bits per heavy atom. The second-order valence-corrected chi connectivity index (χ2v) is 6.45. The lowest BCUT2D eigenvalue weighted by atomic mass is 9.81. The van der Waals surface area contributed by atoms with Gasteiger partial charge in [-0.2, -0.15) is 0 Å². The first kappa shape index (κ1) is 22.1. The highest BCUT2D eigenvalue weighted by molar-refractivity contribution is 7.43. The van der Waals surface area contributed by atoms with Gasteiger partial charge >= 0.3 is 0 Å². The third-order valence-electron chi connectivity index (χ3n) is 3.53. The molecule has 0 heterocycles. The summed E-state index contributed by atoms with van der Waals surface area (Å²) in [6.07, 6.45) is 0. The van der Waals surface area contributed by atoms with Crippen LogP contribution in [0.3, 0.4) is 0 Å². The molecule has 1 unspecified atom stereocenters. The maximum Gasteiger partial charge on any atom is 0.250 e. The molecule has 0 saturated carbocycles. The van der Waals surface area contributed by atoms with Crippen molar-refractivity contribution in [1.82, 2.24) is 0 Å². The zero-order chi connectivity index (χ0) is 17.0. The fourth-order valence-electron chi connectivity index (χ4n) is 2.15. The fourth-order valence-corrected chi connectivity index (χ4v) is 2.97. The van der Waals surface area contributed by atoms with Crippen LogP contribution in [0.2, 0.25) is 0 Å². The Balaban J connectivity index is 4.04. The molecule has 8 heteroatoms. The highest BCUT2D eigenvalue weighted by Gasteiger charge is 2.40. The van der Waals surface area contributed by atoms with E-state index in [2.05, 4.69) is 0 Å². The molecule has 4 N–H and O–H groups in total. The zero-order valence-corrected chi connectivity index (χ0v) is 15.1. The second kappa shape index (κ2) is 12.6. The molecule has 0 aromatic heterocycles. The van der Waals surface area contributed by atoms with Crippen LogP contribution in [0.25, 0.3) is 0 Å². The lowest BCUT2D eigenvalue weighted by Gasteiger charge is -2.41. The van der Waals surface area contributed by atoms with E-state index in [0.29, 0.717) is 39.6 Å². The molecule has 0 spiro atoms. The third-order valence-corrected chi connectivity index (χ3v) is 4.05. The number of aliphatic hydroxyl groups is 1. The molecule has 22 heavy (non-hydrogen) atoms. The van der Waals surface area contributed by atoms with Gasteiger partial charge in [-0.25, -0.2) is 0 Å². The Labute approximate surface area is 135 Å². The SMILES string of the molecule is CC(C)C(COCCOCCOCCO)(OP(N)O)C(C)C. The standard InChI is InChI=1S/C14H32NO6P/c1-12(2)14(13(3)4,21-22(15)17)11-20-10-9-19-8-7-18-6-5-16/h12-13,16-17H,5-11,15H2,1-4H3. The number of hydrogen-bond donors (Lipinski definition) is 3. The Kier molecular flexibility index (Phi) is 12.6. The summed E-state index contributed by atoms with van der Waals surface area (Å²) in [5.74, 6) is 0.307. The predicted molar refractivity (Wildman–Crippen MR) is 86.4 cm³/mol. The number of ether oxygens (including phenoxy) is 3. The highest BCUT2D eigenvalue weighted by Crippen LogP contribution is 2.39. The van der Waals surface area contributed by atoms with Crippen molar-refractivity contribution in [2.24, 2.45) is 17.3 Å². The van der Waals surface area contributed by atoms with Crippen molar-refractivity contribution >= 4 is 8.53 Å². The zero-order valence-electron chi connectivity index (χ0n) is 14.2. The van der Waals surface area contributed by atoms with Gasteiger partial charge in [-0.3, -0.25) is 5.50 Å². The van der Waals surface area contributed by atoms with Crippen LogP contribution in [0.4, 0.5) is 0 Å². The van der Waals surface area contributed by atoms with Crippen molar-refractivity contribution in [1.29, 1.82) is 0 Å². The van der Waals surface area contributed by atoms with Gasteiger partial charge in [-0.15, -0.1) is 0 Å². The van der Waals surface area contributed by atoms with E-state index < -0.39 is 14.1 Å². The summed E-state index contributed by atoms with van der Waals surface area (Å²) in [6.45, 7) is 10.6. The van der Waals surface area contributed by atoms with Crippen molar-refractivity contribution in [3.63, 3.8) is 0 Å². The average molecular weight is 341 g/mol. The molecule has 7 nitrogen and oxygen atoms in total. The van der Waals surface area contributed by atoms with E-state index in [1.54, 1.807) is 0 Å². The highest BCUT2D eigenvalue weighted by atomic mass is 31.2. The summed E-state index contributed by atoms with van der Waals surface area (Å²) >= 11 is 0. The Hall–Kier alpha value is 0.150. The number of rotatable bonds is 14. The molecular formula is C14H32NO6P. The van der Waals surface area contributed by atoms with Crippen LogP contribution in [0.1, 0.15) is 27.7 Å². The maximum atomic E-state index is 9.44. The monoisotopic (exact) mass is 341 g/mol. The first-order valence-electron chi connectivity index (χ1n) is 7.63. The molecule has 0 fully saturated rings. The number of nitrogens with two attached hydrogens (primary N) is 1. The van der Waals surface area contributed by atoms with Gasteiger partial charge in [0, 0.05) is 0 Å². The van der Waals surface area contributed by atoms with Gasteiger partial charge in [0.25, 0.3) is 8.53 Å².